The number of rotatable bonds is 41. The van der Waals surface area contributed by atoms with Gasteiger partial charge in [0.25, 0.3) is 0 Å². The van der Waals surface area contributed by atoms with E-state index in [2.05, 4.69) is 67.0 Å². The summed E-state index contributed by atoms with van der Waals surface area (Å²) in [6.45, 7) is 2.69. The Bertz CT molecular complexity index is 1250. The van der Waals surface area contributed by atoms with Gasteiger partial charge in [0.1, 0.15) is 12.6 Å². The van der Waals surface area contributed by atoms with Crippen LogP contribution >= 0.6 is 7.82 Å². The standard InChI is InChI=1S/C46H80NO11P/c1-3-5-7-9-11-13-15-17-18-19-20-21-23-25-27-29-31-35-45(49)57-40(38-55-59(52,53)56-39-41(47)46(50)51)37-54-44(48)36-32-34-43-42(58-43)33-30-28-26-24-22-16-14-12-10-8-6-4-2/h12,14,17-18,22,24,28,30,40-43H,3-11,13,15-16,19-21,23,25-27,29,31-39,47H2,1-2H3,(H,50,51)(H,52,53)/b14-12-,18-17-,24-22-,30-28-/t40-,41+,42?,43?/m1/s1. The summed E-state index contributed by atoms with van der Waals surface area (Å²) in [4.78, 5) is 46.1. The van der Waals surface area contributed by atoms with Crippen LogP contribution in [0.15, 0.2) is 48.6 Å². The Morgan fingerprint density at radius 1 is 0.627 bits per heavy atom. The van der Waals surface area contributed by atoms with Crippen molar-refractivity contribution in [2.24, 2.45) is 5.73 Å². The monoisotopic (exact) mass is 854 g/mol. The summed E-state index contributed by atoms with van der Waals surface area (Å²) in [7, 11) is -4.74. The van der Waals surface area contributed by atoms with Crippen LogP contribution in [0, 0.1) is 0 Å². The fourth-order valence-corrected chi connectivity index (χ4v) is 7.04. The van der Waals surface area contributed by atoms with Gasteiger partial charge in [-0.2, -0.15) is 0 Å². The maximum Gasteiger partial charge on any atom is 0.472 e. The first kappa shape index (κ1) is 54.4. The van der Waals surface area contributed by atoms with Crippen molar-refractivity contribution >= 4 is 25.7 Å². The van der Waals surface area contributed by atoms with Gasteiger partial charge in [-0.25, -0.2) is 4.57 Å². The number of carboxylic acid groups (broad SMARTS) is 1. The van der Waals surface area contributed by atoms with E-state index in [0.29, 0.717) is 19.3 Å². The molecular weight excluding hydrogens is 773 g/mol. The number of phosphoric ester groups is 1. The molecule has 0 saturated carbocycles. The molecule has 4 N–H and O–H groups in total. The summed E-state index contributed by atoms with van der Waals surface area (Å²) in [5, 5.41) is 8.90. The molecule has 0 aromatic carbocycles. The molecule has 0 radical (unpaired) electrons. The molecule has 1 aliphatic rings. The van der Waals surface area contributed by atoms with Gasteiger partial charge >= 0.3 is 25.7 Å². The summed E-state index contributed by atoms with van der Waals surface area (Å²) in [5.74, 6) is -2.47. The molecule has 0 aliphatic carbocycles. The fourth-order valence-electron chi connectivity index (χ4n) is 6.26. The van der Waals surface area contributed by atoms with Crippen molar-refractivity contribution in [3.05, 3.63) is 48.6 Å². The maximum atomic E-state index is 12.7. The van der Waals surface area contributed by atoms with Crippen molar-refractivity contribution in [1.29, 1.82) is 0 Å². The Kier molecular flexibility index (Phi) is 34.3. The summed E-state index contributed by atoms with van der Waals surface area (Å²) >= 11 is 0. The van der Waals surface area contributed by atoms with E-state index in [1.165, 1.54) is 77.0 Å². The van der Waals surface area contributed by atoms with Crippen LogP contribution in [0.4, 0.5) is 0 Å². The van der Waals surface area contributed by atoms with Crippen LogP contribution in [0.2, 0.25) is 0 Å². The number of nitrogens with two attached hydrogens (primary N) is 1. The van der Waals surface area contributed by atoms with E-state index < -0.39 is 51.1 Å². The van der Waals surface area contributed by atoms with Gasteiger partial charge in [-0.3, -0.25) is 23.4 Å². The number of esters is 2. The summed E-state index contributed by atoms with van der Waals surface area (Å²) < 4.78 is 38.5. The lowest BCUT2D eigenvalue weighted by Crippen LogP contribution is -2.34. The molecule has 1 rings (SSSR count). The van der Waals surface area contributed by atoms with Crippen LogP contribution in [0.5, 0.6) is 0 Å². The van der Waals surface area contributed by atoms with Gasteiger partial charge in [0.15, 0.2) is 6.10 Å². The number of hydrogen-bond acceptors (Lipinski definition) is 10. The molecule has 13 heteroatoms. The molecule has 3 unspecified atom stereocenters. The van der Waals surface area contributed by atoms with Crippen LogP contribution in [-0.4, -0.2) is 72.1 Å². The number of carbonyl (C=O) groups is 3. The molecule has 0 spiro atoms. The Morgan fingerprint density at radius 2 is 1.12 bits per heavy atom. The first-order valence-corrected chi connectivity index (χ1v) is 24.3. The summed E-state index contributed by atoms with van der Waals surface area (Å²) in [6.07, 6.45) is 43.3. The predicted octanol–water partition coefficient (Wildman–Crippen LogP) is 11.2. The Hall–Kier alpha value is -2.60. The van der Waals surface area contributed by atoms with Gasteiger partial charge in [0.2, 0.25) is 0 Å². The Balaban J connectivity index is 2.32. The predicted molar refractivity (Wildman–Crippen MR) is 235 cm³/mol. The van der Waals surface area contributed by atoms with Gasteiger partial charge in [-0.15, -0.1) is 0 Å². The third kappa shape index (κ3) is 34.8. The zero-order valence-electron chi connectivity index (χ0n) is 36.5. The minimum absolute atomic E-state index is 0.0997. The van der Waals surface area contributed by atoms with Gasteiger partial charge in [0.05, 0.1) is 25.4 Å². The van der Waals surface area contributed by atoms with Crippen LogP contribution < -0.4 is 5.73 Å². The van der Waals surface area contributed by atoms with Crippen molar-refractivity contribution in [2.75, 3.05) is 19.8 Å². The van der Waals surface area contributed by atoms with Gasteiger partial charge < -0.3 is 29.9 Å². The van der Waals surface area contributed by atoms with Gasteiger partial charge in [0, 0.05) is 12.8 Å². The molecule has 12 nitrogen and oxygen atoms in total. The first-order chi connectivity index (χ1) is 28.6. The average Bonchev–Trinajstić information content (AvgIpc) is 3.97. The number of epoxide rings is 1. The molecule has 1 fully saturated rings. The second-order valence-electron chi connectivity index (χ2n) is 15.6. The molecule has 1 saturated heterocycles. The zero-order chi connectivity index (χ0) is 43.2. The molecule has 59 heavy (non-hydrogen) atoms. The number of hydrogen-bond donors (Lipinski definition) is 3. The van der Waals surface area contributed by atoms with Crippen LogP contribution in [0.25, 0.3) is 0 Å². The highest BCUT2D eigenvalue weighted by atomic mass is 31.2. The normalized spacial score (nSPS) is 17.6. The molecule has 5 atom stereocenters. The van der Waals surface area contributed by atoms with Crippen molar-refractivity contribution in [3.63, 3.8) is 0 Å². The van der Waals surface area contributed by atoms with E-state index in [1.54, 1.807) is 0 Å². The molecule has 0 aromatic heterocycles. The van der Waals surface area contributed by atoms with Gasteiger partial charge in [-0.05, 0) is 77.0 Å². The zero-order valence-corrected chi connectivity index (χ0v) is 37.4. The third-order valence-corrected chi connectivity index (χ3v) is 10.9. The first-order valence-electron chi connectivity index (χ1n) is 22.8. The summed E-state index contributed by atoms with van der Waals surface area (Å²) in [6, 6.07) is -1.53. The maximum absolute atomic E-state index is 12.7. The minimum atomic E-state index is -4.74. The van der Waals surface area contributed by atoms with Crippen LogP contribution in [0.1, 0.15) is 181 Å². The van der Waals surface area contributed by atoms with E-state index in [9.17, 15) is 23.8 Å². The lowest BCUT2D eigenvalue weighted by molar-refractivity contribution is -0.161. The van der Waals surface area contributed by atoms with Crippen LogP contribution in [-0.2, 0) is 42.2 Å². The largest absolute Gasteiger partial charge is 0.480 e. The summed E-state index contributed by atoms with van der Waals surface area (Å²) in [5.41, 5.74) is 5.34. The minimum Gasteiger partial charge on any atom is -0.480 e. The second-order valence-corrected chi connectivity index (χ2v) is 17.0. The van der Waals surface area contributed by atoms with E-state index in [-0.39, 0.29) is 31.7 Å². The molecule has 340 valence electrons. The smallest absolute Gasteiger partial charge is 0.472 e. The van der Waals surface area contributed by atoms with Crippen molar-refractivity contribution in [3.8, 4) is 0 Å². The average molecular weight is 854 g/mol. The number of allylic oxidation sites excluding steroid dienone is 7. The molecule has 1 heterocycles. The van der Waals surface area contributed by atoms with Crippen molar-refractivity contribution in [1.82, 2.24) is 0 Å². The van der Waals surface area contributed by atoms with E-state index in [1.807, 2.05) is 0 Å². The second kappa shape index (κ2) is 37.2. The quantitative estimate of drug-likeness (QED) is 0.0174. The lowest BCUT2D eigenvalue weighted by atomic mass is 10.1. The molecule has 0 aromatic rings. The number of carbonyl (C=O) groups excluding carboxylic acids is 2. The topological polar surface area (TPSA) is 184 Å². The number of aliphatic carboxylic acids is 1. The van der Waals surface area contributed by atoms with E-state index in [0.717, 1.165) is 57.8 Å². The molecular formula is C46H80NO11P. The number of carboxylic acids is 1. The Labute approximate surface area is 356 Å². The molecule has 0 amide bonds. The molecule has 1 aliphatic heterocycles. The number of ether oxygens (including phenoxy) is 3. The van der Waals surface area contributed by atoms with E-state index in [4.69, 9.17) is 29.6 Å². The van der Waals surface area contributed by atoms with Crippen molar-refractivity contribution < 1.29 is 52.2 Å². The highest BCUT2D eigenvalue weighted by molar-refractivity contribution is 7.47. The van der Waals surface area contributed by atoms with Crippen LogP contribution in [0.3, 0.4) is 0 Å². The fraction of sp³-hybridized carbons (Fsp3) is 0.761. The highest BCUT2D eigenvalue weighted by Crippen LogP contribution is 2.43. The lowest BCUT2D eigenvalue weighted by Gasteiger charge is -2.20. The molecule has 0 bridgehead atoms. The van der Waals surface area contributed by atoms with E-state index >= 15 is 0 Å². The Morgan fingerprint density at radius 3 is 1.75 bits per heavy atom. The van der Waals surface area contributed by atoms with Gasteiger partial charge in [-0.1, -0.05) is 140 Å². The SMILES string of the molecule is CCCCC/C=C\C/C=C\C/C=C\CC1OC1CCCC(=O)OC[C@H](COP(=O)(O)OC[C@H](N)C(=O)O)OC(=O)CCCCCCCCC/C=C\CCCCCCCC. The third-order valence-electron chi connectivity index (χ3n) is 9.97. The van der Waals surface area contributed by atoms with Crippen molar-refractivity contribution in [2.45, 2.75) is 205 Å². The highest BCUT2D eigenvalue weighted by Gasteiger charge is 2.36. The number of phosphoric acid groups is 1. The number of unbranched alkanes of at least 4 members (excludes halogenated alkanes) is 16.